The highest BCUT2D eigenvalue weighted by molar-refractivity contribution is 5.93. The van der Waals surface area contributed by atoms with Crippen LogP contribution in [0.4, 0.5) is 0 Å². The quantitative estimate of drug-likeness (QED) is 0.611. The predicted octanol–water partition coefficient (Wildman–Crippen LogP) is 0.968. The van der Waals surface area contributed by atoms with E-state index in [4.69, 9.17) is 5.11 Å². The number of esters is 2. The van der Waals surface area contributed by atoms with Crippen LogP contribution < -0.4 is 0 Å². The molecule has 0 bridgehead atoms. The van der Waals surface area contributed by atoms with Gasteiger partial charge in [0.1, 0.15) is 0 Å². The summed E-state index contributed by atoms with van der Waals surface area (Å²) in [5, 5.41) is 8.85. The molecule has 0 aromatic heterocycles. The zero-order valence-electron chi connectivity index (χ0n) is 8.97. The molecule has 1 rings (SSSR count). The summed E-state index contributed by atoms with van der Waals surface area (Å²) in [7, 11) is 1.28. The average molecular weight is 224 g/mol. The minimum absolute atomic E-state index is 0.258. The Hall–Kier alpha value is -1.88. The molecule has 5 nitrogen and oxygen atoms in total. The van der Waals surface area contributed by atoms with Crippen molar-refractivity contribution in [2.75, 3.05) is 7.11 Å². The number of carbonyl (C=O) groups is 2. The Morgan fingerprint density at radius 1 is 1.12 bits per heavy atom. The van der Waals surface area contributed by atoms with Gasteiger partial charge < -0.3 is 14.6 Å². The molecule has 1 N–H and O–H groups in total. The Balaban J connectivity index is 2.78. The lowest BCUT2D eigenvalue weighted by molar-refractivity contribution is -0.0523. The van der Waals surface area contributed by atoms with E-state index < -0.39 is 18.2 Å². The van der Waals surface area contributed by atoms with E-state index in [9.17, 15) is 9.59 Å². The van der Waals surface area contributed by atoms with Crippen molar-refractivity contribution in [2.45, 2.75) is 13.2 Å². The number of aliphatic hydroxyl groups is 1. The van der Waals surface area contributed by atoms with E-state index >= 15 is 0 Å². The van der Waals surface area contributed by atoms with Gasteiger partial charge in [-0.05, 0) is 31.2 Å². The lowest BCUT2D eigenvalue weighted by Crippen LogP contribution is -2.14. The second-order valence-corrected chi connectivity index (χ2v) is 3.07. The molecule has 1 unspecified atom stereocenters. The van der Waals surface area contributed by atoms with Crippen molar-refractivity contribution in [3.63, 3.8) is 0 Å². The van der Waals surface area contributed by atoms with Gasteiger partial charge in [-0.1, -0.05) is 0 Å². The van der Waals surface area contributed by atoms with E-state index in [0.29, 0.717) is 5.56 Å². The fourth-order valence-corrected chi connectivity index (χ4v) is 1.08. The Kier molecular flexibility index (Phi) is 4.02. The summed E-state index contributed by atoms with van der Waals surface area (Å²) in [5.74, 6) is -1.12. The Labute approximate surface area is 92.6 Å². The molecular formula is C11H12O5. The molecule has 5 heteroatoms. The molecule has 16 heavy (non-hydrogen) atoms. The molecular weight excluding hydrogens is 212 g/mol. The lowest BCUT2D eigenvalue weighted by Gasteiger charge is -2.06. The first-order chi connectivity index (χ1) is 7.54. The Bertz CT molecular complexity index is 380. The molecule has 1 atom stereocenters. The summed E-state index contributed by atoms with van der Waals surface area (Å²) in [6, 6.07) is 5.75. The average Bonchev–Trinajstić information content (AvgIpc) is 2.27. The summed E-state index contributed by atoms with van der Waals surface area (Å²) in [5.41, 5.74) is 0.602. The summed E-state index contributed by atoms with van der Waals surface area (Å²) < 4.78 is 9.07. The van der Waals surface area contributed by atoms with Gasteiger partial charge in [0.2, 0.25) is 0 Å². The zero-order valence-corrected chi connectivity index (χ0v) is 8.97. The third-order valence-corrected chi connectivity index (χ3v) is 1.82. The number of ether oxygens (including phenoxy) is 2. The Morgan fingerprint density at radius 2 is 1.56 bits per heavy atom. The van der Waals surface area contributed by atoms with Crippen LogP contribution in [0.2, 0.25) is 0 Å². The molecule has 0 aliphatic heterocycles. The molecule has 0 radical (unpaired) electrons. The van der Waals surface area contributed by atoms with Crippen LogP contribution in [0.25, 0.3) is 0 Å². The number of hydrogen-bond acceptors (Lipinski definition) is 5. The fourth-order valence-electron chi connectivity index (χ4n) is 1.08. The molecule has 0 saturated heterocycles. The van der Waals surface area contributed by atoms with Crippen molar-refractivity contribution in [1.29, 1.82) is 0 Å². The van der Waals surface area contributed by atoms with Gasteiger partial charge in [0.15, 0.2) is 6.29 Å². The van der Waals surface area contributed by atoms with Crippen LogP contribution in [0.5, 0.6) is 0 Å². The zero-order chi connectivity index (χ0) is 12.1. The van der Waals surface area contributed by atoms with Crippen LogP contribution in [-0.4, -0.2) is 30.4 Å². The van der Waals surface area contributed by atoms with Crippen molar-refractivity contribution in [3.8, 4) is 0 Å². The summed E-state index contributed by atoms with van der Waals surface area (Å²) in [6.45, 7) is 1.33. The van der Waals surface area contributed by atoms with Gasteiger partial charge >= 0.3 is 11.9 Å². The SMILES string of the molecule is COC(=O)c1ccc(C(=O)OC(C)O)cc1. The molecule has 0 aliphatic rings. The van der Waals surface area contributed by atoms with Crippen molar-refractivity contribution < 1.29 is 24.2 Å². The minimum atomic E-state index is -1.16. The predicted molar refractivity (Wildman–Crippen MR) is 54.9 cm³/mol. The van der Waals surface area contributed by atoms with Crippen molar-refractivity contribution in [3.05, 3.63) is 35.4 Å². The van der Waals surface area contributed by atoms with E-state index in [2.05, 4.69) is 9.47 Å². The maximum absolute atomic E-state index is 11.3. The molecule has 1 aromatic carbocycles. The van der Waals surface area contributed by atoms with Crippen molar-refractivity contribution >= 4 is 11.9 Å². The highest BCUT2D eigenvalue weighted by Crippen LogP contribution is 2.07. The maximum atomic E-state index is 11.3. The molecule has 0 amide bonds. The molecule has 0 spiro atoms. The Morgan fingerprint density at radius 3 is 1.94 bits per heavy atom. The molecule has 1 aromatic rings. The van der Waals surface area contributed by atoms with E-state index in [1.807, 2.05) is 0 Å². The molecule has 0 fully saturated rings. The van der Waals surface area contributed by atoms with Crippen LogP contribution in [-0.2, 0) is 9.47 Å². The van der Waals surface area contributed by atoms with Gasteiger partial charge in [-0.25, -0.2) is 9.59 Å². The van der Waals surface area contributed by atoms with E-state index in [1.54, 1.807) is 0 Å². The van der Waals surface area contributed by atoms with Crippen LogP contribution in [0.15, 0.2) is 24.3 Å². The van der Waals surface area contributed by atoms with Gasteiger partial charge in [0.05, 0.1) is 18.2 Å². The number of carbonyl (C=O) groups excluding carboxylic acids is 2. The molecule has 0 heterocycles. The number of hydrogen-bond donors (Lipinski definition) is 1. The van der Waals surface area contributed by atoms with Crippen LogP contribution in [0.3, 0.4) is 0 Å². The summed E-state index contributed by atoms with van der Waals surface area (Å²) >= 11 is 0. The van der Waals surface area contributed by atoms with Gasteiger partial charge in [0, 0.05) is 0 Å². The lowest BCUT2D eigenvalue weighted by atomic mass is 10.1. The topological polar surface area (TPSA) is 72.8 Å². The normalized spacial score (nSPS) is 11.7. The van der Waals surface area contributed by atoms with Gasteiger partial charge in [-0.2, -0.15) is 0 Å². The number of rotatable bonds is 3. The van der Waals surface area contributed by atoms with E-state index in [0.717, 1.165) is 0 Å². The highest BCUT2D eigenvalue weighted by Gasteiger charge is 2.11. The standard InChI is InChI=1S/C11H12O5/c1-7(12)16-11(14)9-5-3-8(4-6-9)10(13)15-2/h3-7,12H,1-2H3. The second-order valence-electron chi connectivity index (χ2n) is 3.07. The third-order valence-electron chi connectivity index (χ3n) is 1.82. The van der Waals surface area contributed by atoms with Crippen molar-refractivity contribution in [1.82, 2.24) is 0 Å². The summed E-state index contributed by atoms with van der Waals surface area (Å²) in [6.07, 6.45) is -1.16. The van der Waals surface area contributed by atoms with Crippen LogP contribution in [0.1, 0.15) is 27.6 Å². The first-order valence-electron chi connectivity index (χ1n) is 4.62. The molecule has 86 valence electrons. The monoisotopic (exact) mass is 224 g/mol. The van der Waals surface area contributed by atoms with E-state index in [-0.39, 0.29) is 5.56 Å². The van der Waals surface area contributed by atoms with Gasteiger partial charge in [-0.3, -0.25) is 0 Å². The number of methoxy groups -OCH3 is 1. The first kappa shape index (κ1) is 12.2. The molecule has 0 saturated carbocycles. The van der Waals surface area contributed by atoms with Gasteiger partial charge in [-0.15, -0.1) is 0 Å². The molecule has 0 aliphatic carbocycles. The third kappa shape index (κ3) is 3.06. The summed E-state index contributed by atoms with van der Waals surface area (Å²) in [4.78, 5) is 22.4. The van der Waals surface area contributed by atoms with Crippen LogP contribution in [0, 0.1) is 0 Å². The minimum Gasteiger partial charge on any atom is -0.465 e. The van der Waals surface area contributed by atoms with Gasteiger partial charge in [0.25, 0.3) is 0 Å². The fraction of sp³-hybridized carbons (Fsp3) is 0.273. The number of benzene rings is 1. The second kappa shape index (κ2) is 5.27. The maximum Gasteiger partial charge on any atom is 0.340 e. The van der Waals surface area contributed by atoms with E-state index in [1.165, 1.54) is 38.3 Å². The van der Waals surface area contributed by atoms with Crippen molar-refractivity contribution in [2.24, 2.45) is 0 Å². The number of aliphatic hydroxyl groups excluding tert-OH is 1. The smallest absolute Gasteiger partial charge is 0.340 e. The first-order valence-corrected chi connectivity index (χ1v) is 4.62. The highest BCUT2D eigenvalue weighted by atomic mass is 16.6. The largest absolute Gasteiger partial charge is 0.465 e. The van der Waals surface area contributed by atoms with Crippen LogP contribution >= 0.6 is 0 Å².